The molecular formula is C15H22ClN3O. The van der Waals surface area contributed by atoms with Gasteiger partial charge in [-0.05, 0) is 36.8 Å². The van der Waals surface area contributed by atoms with Crippen molar-refractivity contribution < 1.29 is 4.79 Å². The highest BCUT2D eigenvalue weighted by Gasteiger charge is 2.32. The summed E-state index contributed by atoms with van der Waals surface area (Å²) in [5.74, 6) is 0.456. The molecule has 1 aromatic rings. The normalized spacial score (nSPS) is 16.9. The molecule has 0 aromatic carbocycles. The van der Waals surface area contributed by atoms with Crippen LogP contribution in [0.3, 0.4) is 0 Å². The second-order valence-electron chi connectivity index (χ2n) is 5.52. The first-order valence-electron chi connectivity index (χ1n) is 7.23. The van der Waals surface area contributed by atoms with E-state index in [0.29, 0.717) is 23.1 Å². The van der Waals surface area contributed by atoms with Gasteiger partial charge >= 0.3 is 0 Å². The van der Waals surface area contributed by atoms with Crippen molar-refractivity contribution in [2.75, 3.05) is 18.9 Å². The van der Waals surface area contributed by atoms with Crippen LogP contribution in [0.15, 0.2) is 12.1 Å². The van der Waals surface area contributed by atoms with E-state index in [-0.39, 0.29) is 11.3 Å². The van der Waals surface area contributed by atoms with Crippen LogP contribution < -0.4 is 10.6 Å². The molecule has 5 heteroatoms. The van der Waals surface area contributed by atoms with Gasteiger partial charge in [-0.1, -0.05) is 31.4 Å². The zero-order valence-electron chi connectivity index (χ0n) is 12.1. The molecule has 1 aliphatic rings. The van der Waals surface area contributed by atoms with Crippen molar-refractivity contribution in [1.82, 2.24) is 10.3 Å². The number of hydrogen-bond acceptors (Lipinski definition) is 3. The lowest BCUT2D eigenvalue weighted by Crippen LogP contribution is -2.36. The number of pyridine rings is 1. The predicted molar refractivity (Wildman–Crippen MR) is 82.3 cm³/mol. The van der Waals surface area contributed by atoms with E-state index in [1.165, 1.54) is 25.7 Å². The van der Waals surface area contributed by atoms with Crippen LogP contribution >= 0.6 is 11.6 Å². The Morgan fingerprint density at radius 3 is 2.70 bits per heavy atom. The van der Waals surface area contributed by atoms with Gasteiger partial charge in [-0.2, -0.15) is 0 Å². The maximum Gasteiger partial charge on any atom is 0.271 e. The van der Waals surface area contributed by atoms with E-state index in [1.54, 1.807) is 19.2 Å². The van der Waals surface area contributed by atoms with Gasteiger partial charge in [0.15, 0.2) is 0 Å². The highest BCUT2D eigenvalue weighted by Crippen LogP contribution is 2.40. The Bertz CT molecular complexity index is 484. The number of nitrogens with one attached hydrogen (secondary N) is 2. The molecule has 0 saturated heterocycles. The van der Waals surface area contributed by atoms with Crippen molar-refractivity contribution in [3.05, 3.63) is 22.8 Å². The fraction of sp³-hybridized carbons (Fsp3) is 0.600. The molecule has 1 heterocycles. The fourth-order valence-electron chi connectivity index (χ4n) is 2.87. The predicted octanol–water partition coefficient (Wildman–Crippen LogP) is 3.48. The maximum absolute atomic E-state index is 12.3. The van der Waals surface area contributed by atoms with Gasteiger partial charge in [-0.25, -0.2) is 4.98 Å². The molecule has 110 valence electrons. The molecule has 1 aliphatic carbocycles. The average molecular weight is 296 g/mol. The minimum Gasteiger partial charge on any atom is -0.373 e. The molecule has 1 saturated carbocycles. The number of hydrogen-bond donors (Lipinski definition) is 2. The third kappa shape index (κ3) is 3.23. The van der Waals surface area contributed by atoms with Gasteiger partial charge < -0.3 is 10.6 Å². The van der Waals surface area contributed by atoms with Crippen LogP contribution in [0.5, 0.6) is 0 Å². The summed E-state index contributed by atoms with van der Waals surface area (Å²) in [4.78, 5) is 16.5. The van der Waals surface area contributed by atoms with Crippen molar-refractivity contribution in [1.29, 1.82) is 0 Å². The van der Waals surface area contributed by atoms with E-state index < -0.39 is 0 Å². The van der Waals surface area contributed by atoms with E-state index >= 15 is 0 Å². The highest BCUT2D eigenvalue weighted by molar-refractivity contribution is 6.33. The second kappa shape index (κ2) is 6.44. The summed E-state index contributed by atoms with van der Waals surface area (Å²) in [6, 6.07) is 3.45. The van der Waals surface area contributed by atoms with Crippen molar-refractivity contribution >= 4 is 23.3 Å². The van der Waals surface area contributed by atoms with E-state index in [2.05, 4.69) is 22.5 Å². The number of aromatic nitrogens is 1. The molecule has 0 aliphatic heterocycles. The van der Waals surface area contributed by atoms with Crippen LogP contribution in [0.1, 0.15) is 49.5 Å². The van der Waals surface area contributed by atoms with Crippen molar-refractivity contribution in [3.63, 3.8) is 0 Å². The Morgan fingerprint density at radius 2 is 2.10 bits per heavy atom. The van der Waals surface area contributed by atoms with E-state index in [1.807, 2.05) is 0 Å². The SMILES string of the molecule is CCC1(CNC(=O)c2nc(NC)ccc2Cl)CCCC1. The van der Waals surface area contributed by atoms with Gasteiger partial charge in [0.1, 0.15) is 11.5 Å². The zero-order valence-corrected chi connectivity index (χ0v) is 12.9. The van der Waals surface area contributed by atoms with E-state index in [0.717, 1.165) is 6.42 Å². The van der Waals surface area contributed by atoms with E-state index in [9.17, 15) is 4.79 Å². The number of anilines is 1. The number of carbonyl (C=O) groups is 1. The Hall–Kier alpha value is -1.29. The third-order valence-electron chi connectivity index (χ3n) is 4.36. The quantitative estimate of drug-likeness (QED) is 0.874. The smallest absolute Gasteiger partial charge is 0.271 e. The largest absolute Gasteiger partial charge is 0.373 e. The highest BCUT2D eigenvalue weighted by atomic mass is 35.5. The maximum atomic E-state index is 12.3. The molecule has 0 spiro atoms. The standard InChI is InChI=1S/C15H22ClN3O/c1-3-15(8-4-5-9-15)10-18-14(20)13-11(16)6-7-12(17-2)19-13/h6-7H,3-5,8-10H2,1-2H3,(H,17,19)(H,18,20). The van der Waals surface area contributed by atoms with Gasteiger partial charge in [0.05, 0.1) is 5.02 Å². The van der Waals surface area contributed by atoms with Crippen LogP contribution in [0.2, 0.25) is 5.02 Å². The van der Waals surface area contributed by atoms with Gasteiger partial charge in [0.2, 0.25) is 0 Å². The third-order valence-corrected chi connectivity index (χ3v) is 4.66. The summed E-state index contributed by atoms with van der Waals surface area (Å²) < 4.78 is 0. The molecule has 20 heavy (non-hydrogen) atoms. The lowest BCUT2D eigenvalue weighted by molar-refractivity contribution is 0.0924. The lowest BCUT2D eigenvalue weighted by Gasteiger charge is -2.27. The minimum atomic E-state index is -0.188. The van der Waals surface area contributed by atoms with Crippen LogP contribution in [-0.2, 0) is 0 Å². The van der Waals surface area contributed by atoms with Crippen LogP contribution in [-0.4, -0.2) is 24.5 Å². The Morgan fingerprint density at radius 1 is 1.40 bits per heavy atom. The number of halogens is 1. The molecule has 0 atom stereocenters. The van der Waals surface area contributed by atoms with Crippen LogP contribution in [0.25, 0.3) is 0 Å². The number of carbonyl (C=O) groups excluding carboxylic acids is 1. The van der Waals surface area contributed by atoms with Gasteiger partial charge in [-0.3, -0.25) is 4.79 Å². The summed E-state index contributed by atoms with van der Waals surface area (Å²) in [5.41, 5.74) is 0.561. The Balaban J connectivity index is 2.04. The van der Waals surface area contributed by atoms with Crippen LogP contribution in [0.4, 0.5) is 5.82 Å². The van der Waals surface area contributed by atoms with Gasteiger partial charge in [0, 0.05) is 13.6 Å². The topological polar surface area (TPSA) is 54.0 Å². The first-order chi connectivity index (χ1) is 9.60. The average Bonchev–Trinajstić information content (AvgIpc) is 2.95. The second-order valence-corrected chi connectivity index (χ2v) is 5.93. The van der Waals surface area contributed by atoms with Crippen molar-refractivity contribution in [2.45, 2.75) is 39.0 Å². The summed E-state index contributed by atoms with van der Waals surface area (Å²) in [5, 5.41) is 6.31. The minimum absolute atomic E-state index is 0.188. The van der Waals surface area contributed by atoms with Gasteiger partial charge in [-0.15, -0.1) is 0 Å². The van der Waals surface area contributed by atoms with E-state index in [4.69, 9.17) is 11.6 Å². The number of amides is 1. The van der Waals surface area contributed by atoms with Crippen molar-refractivity contribution in [3.8, 4) is 0 Å². The number of nitrogens with zero attached hydrogens (tertiary/aromatic N) is 1. The summed E-state index contributed by atoms with van der Waals surface area (Å²) in [6.07, 6.45) is 6.02. The zero-order chi connectivity index (χ0) is 14.6. The monoisotopic (exact) mass is 295 g/mol. The lowest BCUT2D eigenvalue weighted by atomic mass is 9.83. The molecule has 2 rings (SSSR count). The summed E-state index contributed by atoms with van der Waals surface area (Å²) >= 11 is 6.06. The first-order valence-corrected chi connectivity index (χ1v) is 7.60. The molecule has 4 nitrogen and oxygen atoms in total. The molecule has 1 amide bonds. The van der Waals surface area contributed by atoms with Crippen LogP contribution in [0, 0.1) is 5.41 Å². The molecule has 2 N–H and O–H groups in total. The van der Waals surface area contributed by atoms with Crippen molar-refractivity contribution in [2.24, 2.45) is 5.41 Å². The molecule has 0 bridgehead atoms. The first kappa shape index (κ1) is 15.1. The molecule has 1 fully saturated rings. The molecular weight excluding hydrogens is 274 g/mol. The Kier molecular flexibility index (Phi) is 4.86. The summed E-state index contributed by atoms with van der Waals surface area (Å²) in [7, 11) is 1.77. The molecule has 0 radical (unpaired) electrons. The number of rotatable bonds is 5. The van der Waals surface area contributed by atoms with Gasteiger partial charge in [0.25, 0.3) is 5.91 Å². The molecule has 0 unspecified atom stereocenters. The summed E-state index contributed by atoms with van der Waals surface area (Å²) in [6.45, 7) is 2.91. The fourth-order valence-corrected chi connectivity index (χ4v) is 3.06. The molecule has 1 aromatic heterocycles. The Labute approximate surface area is 125 Å².